The van der Waals surface area contributed by atoms with Gasteiger partial charge in [-0.15, -0.1) is 0 Å². The number of halogens is 1. The molecule has 2 aliphatic rings. The zero-order valence-corrected chi connectivity index (χ0v) is 24.1. The number of nitrogens with one attached hydrogen (secondary N) is 2. The van der Waals surface area contributed by atoms with Gasteiger partial charge < -0.3 is 20.4 Å². The van der Waals surface area contributed by atoms with Crippen LogP contribution < -0.4 is 11.1 Å². The molecule has 42 heavy (non-hydrogen) atoms. The first-order valence-corrected chi connectivity index (χ1v) is 14.9. The van der Waals surface area contributed by atoms with Crippen molar-refractivity contribution < 1.29 is 14.3 Å². The number of carbonyl (C=O) groups excluding carboxylic acids is 2. The molecule has 0 radical (unpaired) electrons. The fraction of sp³-hybridized carbons (Fsp3) is 0.303. The Kier molecular flexibility index (Phi) is 8.26. The topological polar surface area (TPSA) is 113 Å². The molecule has 2 heterocycles. The molecule has 0 unspecified atom stereocenters. The normalized spacial score (nSPS) is 15.9. The number of imidazole rings is 1. The van der Waals surface area contributed by atoms with Gasteiger partial charge in [0.2, 0.25) is 0 Å². The number of hydrogen-bond acceptors (Lipinski definition) is 5. The van der Waals surface area contributed by atoms with Crippen LogP contribution in [-0.4, -0.2) is 39.5 Å². The number of carbonyl (C=O) groups is 2. The van der Waals surface area contributed by atoms with Gasteiger partial charge in [-0.2, -0.15) is 0 Å². The quantitative estimate of drug-likeness (QED) is 0.215. The second kappa shape index (κ2) is 12.4. The van der Waals surface area contributed by atoms with Gasteiger partial charge in [0.15, 0.2) is 0 Å². The minimum absolute atomic E-state index is 0.00179. The molecule has 0 saturated heterocycles. The highest BCUT2D eigenvalue weighted by molar-refractivity contribution is 6.31. The first kappa shape index (κ1) is 28.0. The van der Waals surface area contributed by atoms with Crippen LogP contribution in [0, 0.1) is 0 Å². The number of nitrogens with two attached hydrogens (primary N) is 1. The number of amides is 2. The SMILES string of the molecule is NCc1ccc2c(c1)CCN([C@@H](Cc1ccccc1)c1nc(-c3ccc(NC(=O)OC4CCCC4)cc3)c(Cl)[nH]1)C2=O. The third-order valence-corrected chi connectivity index (χ3v) is 8.41. The van der Waals surface area contributed by atoms with Crippen molar-refractivity contribution in [1.29, 1.82) is 0 Å². The molecule has 216 valence electrons. The zero-order valence-electron chi connectivity index (χ0n) is 23.3. The Morgan fingerprint density at radius 2 is 1.83 bits per heavy atom. The summed E-state index contributed by atoms with van der Waals surface area (Å²) in [6, 6.07) is 22.9. The lowest BCUT2D eigenvalue weighted by Gasteiger charge is -2.35. The van der Waals surface area contributed by atoms with Gasteiger partial charge in [0.1, 0.15) is 22.8 Å². The first-order valence-electron chi connectivity index (χ1n) is 14.5. The summed E-state index contributed by atoms with van der Waals surface area (Å²) in [4.78, 5) is 36.1. The van der Waals surface area contributed by atoms with Gasteiger partial charge >= 0.3 is 6.09 Å². The van der Waals surface area contributed by atoms with Crippen molar-refractivity contribution in [2.75, 3.05) is 11.9 Å². The van der Waals surface area contributed by atoms with Crippen molar-refractivity contribution in [2.45, 2.75) is 57.2 Å². The highest BCUT2D eigenvalue weighted by atomic mass is 35.5. The number of nitrogens with zero attached hydrogens (tertiary/aromatic N) is 2. The molecule has 6 rings (SSSR count). The van der Waals surface area contributed by atoms with Gasteiger partial charge in [-0.1, -0.05) is 66.2 Å². The van der Waals surface area contributed by atoms with E-state index in [1.54, 1.807) is 12.1 Å². The molecule has 8 nitrogen and oxygen atoms in total. The highest BCUT2D eigenvalue weighted by Crippen LogP contribution is 2.34. The Balaban J connectivity index is 1.25. The maximum Gasteiger partial charge on any atom is 0.411 e. The molecule has 0 spiro atoms. The van der Waals surface area contributed by atoms with E-state index in [4.69, 9.17) is 27.1 Å². The van der Waals surface area contributed by atoms with E-state index in [1.165, 1.54) is 0 Å². The number of rotatable bonds is 8. The van der Waals surface area contributed by atoms with Crippen LogP contribution in [0.2, 0.25) is 5.15 Å². The van der Waals surface area contributed by atoms with Crippen molar-refractivity contribution in [2.24, 2.45) is 5.73 Å². The summed E-state index contributed by atoms with van der Waals surface area (Å²) in [5, 5.41) is 3.19. The van der Waals surface area contributed by atoms with Crippen LogP contribution in [0.25, 0.3) is 11.3 Å². The van der Waals surface area contributed by atoms with Crippen LogP contribution in [-0.2, 0) is 24.1 Å². The van der Waals surface area contributed by atoms with Crippen LogP contribution in [0.1, 0.15) is 64.6 Å². The molecule has 3 aromatic carbocycles. The molecule has 0 bridgehead atoms. The molecule has 1 aliphatic heterocycles. The smallest absolute Gasteiger partial charge is 0.411 e. The molecular weight excluding hydrogens is 550 g/mol. The van der Waals surface area contributed by atoms with Gasteiger partial charge in [-0.25, -0.2) is 9.78 Å². The highest BCUT2D eigenvalue weighted by Gasteiger charge is 2.33. The van der Waals surface area contributed by atoms with Crippen molar-refractivity contribution in [1.82, 2.24) is 14.9 Å². The van der Waals surface area contributed by atoms with Crippen molar-refractivity contribution in [3.05, 3.63) is 106 Å². The Labute approximate surface area is 250 Å². The number of H-pyrrole nitrogens is 1. The fourth-order valence-electron chi connectivity index (χ4n) is 5.91. The number of fused-ring (bicyclic) bond motifs is 1. The zero-order chi connectivity index (χ0) is 29.1. The predicted molar refractivity (Wildman–Crippen MR) is 163 cm³/mol. The van der Waals surface area contributed by atoms with E-state index in [0.717, 1.165) is 54.4 Å². The van der Waals surface area contributed by atoms with Crippen molar-refractivity contribution in [3.8, 4) is 11.3 Å². The molecule has 1 fully saturated rings. The Morgan fingerprint density at radius 1 is 1.07 bits per heavy atom. The molecule has 2 amide bonds. The van der Waals surface area contributed by atoms with E-state index in [9.17, 15) is 9.59 Å². The second-order valence-electron chi connectivity index (χ2n) is 10.9. The van der Waals surface area contributed by atoms with E-state index in [1.807, 2.05) is 53.4 Å². The van der Waals surface area contributed by atoms with Crippen LogP contribution in [0.3, 0.4) is 0 Å². The fourth-order valence-corrected chi connectivity index (χ4v) is 6.16. The lowest BCUT2D eigenvalue weighted by molar-refractivity contribution is 0.0648. The maximum absolute atomic E-state index is 13.8. The maximum atomic E-state index is 13.8. The third kappa shape index (κ3) is 6.05. The van der Waals surface area contributed by atoms with Crippen LogP contribution in [0.5, 0.6) is 0 Å². The number of benzene rings is 3. The average Bonchev–Trinajstić information content (AvgIpc) is 3.66. The molecule has 4 N–H and O–H groups in total. The number of aromatic amines is 1. The molecule has 1 aromatic heterocycles. The summed E-state index contributed by atoms with van der Waals surface area (Å²) in [5.74, 6) is 0.589. The van der Waals surface area contributed by atoms with Gasteiger partial charge in [0.25, 0.3) is 5.91 Å². The molecule has 1 atom stereocenters. The van der Waals surface area contributed by atoms with E-state index in [-0.39, 0.29) is 18.1 Å². The Bertz CT molecular complexity index is 1560. The van der Waals surface area contributed by atoms with Gasteiger partial charge in [-0.3, -0.25) is 10.1 Å². The summed E-state index contributed by atoms with van der Waals surface area (Å²) in [7, 11) is 0. The lowest BCUT2D eigenvalue weighted by atomic mass is 9.94. The lowest BCUT2D eigenvalue weighted by Crippen LogP contribution is -2.41. The average molecular weight is 584 g/mol. The van der Waals surface area contributed by atoms with Gasteiger partial charge in [0.05, 0.1) is 6.04 Å². The minimum atomic E-state index is -0.439. The number of ether oxygens (including phenoxy) is 1. The van der Waals surface area contributed by atoms with Gasteiger partial charge in [-0.05, 0) is 67.0 Å². The van der Waals surface area contributed by atoms with Crippen LogP contribution in [0.15, 0.2) is 72.8 Å². The first-order chi connectivity index (χ1) is 20.5. The second-order valence-corrected chi connectivity index (χ2v) is 11.3. The number of hydrogen-bond donors (Lipinski definition) is 3. The molecular formula is C33H34ClN5O3. The summed E-state index contributed by atoms with van der Waals surface area (Å²) < 4.78 is 5.50. The number of aromatic nitrogens is 2. The summed E-state index contributed by atoms with van der Waals surface area (Å²) >= 11 is 6.71. The Hall–Kier alpha value is -4.14. The molecule has 1 saturated carbocycles. The van der Waals surface area contributed by atoms with Crippen molar-refractivity contribution >= 4 is 29.3 Å². The minimum Gasteiger partial charge on any atom is -0.446 e. The molecule has 1 aliphatic carbocycles. The van der Waals surface area contributed by atoms with E-state index in [2.05, 4.69) is 22.4 Å². The number of anilines is 1. The van der Waals surface area contributed by atoms with E-state index < -0.39 is 6.09 Å². The third-order valence-electron chi connectivity index (χ3n) is 8.14. The molecule has 9 heteroatoms. The van der Waals surface area contributed by atoms with Crippen LogP contribution >= 0.6 is 11.6 Å². The monoisotopic (exact) mass is 583 g/mol. The summed E-state index contributed by atoms with van der Waals surface area (Å²) in [6.07, 6.45) is 4.91. The van der Waals surface area contributed by atoms with Crippen molar-refractivity contribution in [3.63, 3.8) is 0 Å². The van der Waals surface area contributed by atoms with Crippen LogP contribution in [0.4, 0.5) is 10.5 Å². The van der Waals surface area contributed by atoms with E-state index in [0.29, 0.717) is 47.4 Å². The summed E-state index contributed by atoms with van der Waals surface area (Å²) in [5.41, 5.74) is 11.7. The largest absolute Gasteiger partial charge is 0.446 e. The predicted octanol–water partition coefficient (Wildman–Crippen LogP) is 6.66. The summed E-state index contributed by atoms with van der Waals surface area (Å²) in [6.45, 7) is 0.999. The Morgan fingerprint density at radius 3 is 2.57 bits per heavy atom. The van der Waals surface area contributed by atoms with Gasteiger partial charge in [0, 0.05) is 36.3 Å². The van der Waals surface area contributed by atoms with E-state index >= 15 is 0 Å². The standard InChI is InChI=1S/C33H34ClN5O3/c34-30-29(23-11-13-25(14-12-23)36-33(41)42-26-8-4-5-9-26)37-31(38-30)28(19-21-6-2-1-3-7-21)39-17-16-24-18-22(20-35)10-15-27(24)32(39)40/h1-3,6-7,10-15,18,26,28H,4-5,8-9,16-17,19-20,35H2,(H,36,41)(H,37,38)/t28-/m0/s1. The molecule has 4 aromatic rings.